The van der Waals surface area contributed by atoms with Gasteiger partial charge in [0.25, 0.3) is 0 Å². The monoisotopic (exact) mass is 320 g/mol. The molecule has 1 aliphatic rings. The van der Waals surface area contributed by atoms with Crippen LogP contribution in [-0.2, 0) is 11.2 Å². The standard InChI is InChI=1S/C18H28N2OS/c1-14(16-4-3-10-19-13-16)12-18(21)20-17-7-5-15(6-8-17)9-11-22-2/h5-8,14,16,19H,3-4,9-13H2,1-2H3,(H,20,21). The van der Waals surface area contributed by atoms with Crippen LogP contribution >= 0.6 is 11.8 Å². The van der Waals surface area contributed by atoms with Gasteiger partial charge >= 0.3 is 0 Å². The fraction of sp³-hybridized carbons (Fsp3) is 0.611. The van der Waals surface area contributed by atoms with Crippen molar-refractivity contribution in [2.45, 2.75) is 32.6 Å². The summed E-state index contributed by atoms with van der Waals surface area (Å²) >= 11 is 1.86. The van der Waals surface area contributed by atoms with Crippen molar-refractivity contribution in [3.63, 3.8) is 0 Å². The van der Waals surface area contributed by atoms with Gasteiger partial charge in [-0.05, 0) is 73.9 Å². The summed E-state index contributed by atoms with van der Waals surface area (Å²) in [5.74, 6) is 2.34. The molecule has 1 aromatic rings. The number of hydrogen-bond acceptors (Lipinski definition) is 3. The van der Waals surface area contributed by atoms with Gasteiger partial charge in [-0.3, -0.25) is 4.79 Å². The third-order valence-corrected chi connectivity index (χ3v) is 5.09. The Morgan fingerprint density at radius 2 is 2.18 bits per heavy atom. The van der Waals surface area contributed by atoms with Crippen LogP contribution in [0.25, 0.3) is 0 Å². The van der Waals surface area contributed by atoms with Gasteiger partial charge in [-0.25, -0.2) is 0 Å². The molecule has 0 spiro atoms. The van der Waals surface area contributed by atoms with Crippen molar-refractivity contribution < 1.29 is 4.79 Å². The largest absolute Gasteiger partial charge is 0.326 e. The van der Waals surface area contributed by atoms with E-state index in [1.54, 1.807) is 0 Å². The van der Waals surface area contributed by atoms with E-state index in [0.717, 1.165) is 31.0 Å². The van der Waals surface area contributed by atoms with E-state index in [4.69, 9.17) is 0 Å². The van der Waals surface area contributed by atoms with E-state index >= 15 is 0 Å². The molecular weight excluding hydrogens is 292 g/mol. The molecule has 122 valence electrons. The van der Waals surface area contributed by atoms with Crippen LogP contribution in [0.3, 0.4) is 0 Å². The summed E-state index contributed by atoms with van der Waals surface area (Å²) in [5.41, 5.74) is 2.24. The van der Waals surface area contributed by atoms with Crippen LogP contribution in [0.5, 0.6) is 0 Å². The second-order valence-electron chi connectivity index (χ2n) is 6.28. The second-order valence-corrected chi connectivity index (χ2v) is 7.26. The fourth-order valence-electron chi connectivity index (χ4n) is 3.01. The molecule has 0 saturated carbocycles. The lowest BCUT2D eigenvalue weighted by atomic mass is 9.85. The predicted molar refractivity (Wildman–Crippen MR) is 96.5 cm³/mol. The topological polar surface area (TPSA) is 41.1 Å². The lowest BCUT2D eigenvalue weighted by molar-refractivity contribution is -0.117. The molecule has 0 radical (unpaired) electrons. The molecule has 1 amide bonds. The normalized spacial score (nSPS) is 19.6. The third-order valence-electron chi connectivity index (χ3n) is 4.48. The number of piperidine rings is 1. The molecule has 3 nitrogen and oxygen atoms in total. The van der Waals surface area contributed by atoms with Gasteiger partial charge in [0.05, 0.1) is 0 Å². The maximum Gasteiger partial charge on any atom is 0.224 e. The Morgan fingerprint density at radius 1 is 1.41 bits per heavy atom. The highest BCUT2D eigenvalue weighted by Gasteiger charge is 2.21. The summed E-state index contributed by atoms with van der Waals surface area (Å²) in [5, 5.41) is 6.46. The first kappa shape index (κ1) is 17.4. The number of anilines is 1. The number of rotatable bonds is 7. The number of hydrogen-bond donors (Lipinski definition) is 2. The van der Waals surface area contributed by atoms with E-state index in [1.807, 2.05) is 23.9 Å². The molecule has 0 aromatic heterocycles. The minimum absolute atomic E-state index is 0.134. The zero-order chi connectivity index (χ0) is 15.8. The van der Waals surface area contributed by atoms with Gasteiger partial charge in [0.15, 0.2) is 0 Å². The van der Waals surface area contributed by atoms with Gasteiger partial charge in [0.2, 0.25) is 5.91 Å². The first-order chi connectivity index (χ1) is 10.7. The van der Waals surface area contributed by atoms with Crippen LogP contribution in [-0.4, -0.2) is 31.0 Å². The molecule has 2 rings (SSSR count). The smallest absolute Gasteiger partial charge is 0.224 e. The molecular formula is C18H28N2OS. The number of benzene rings is 1. The van der Waals surface area contributed by atoms with E-state index in [2.05, 4.69) is 35.9 Å². The fourth-order valence-corrected chi connectivity index (χ4v) is 3.45. The molecule has 2 atom stereocenters. The molecule has 1 aliphatic heterocycles. The lowest BCUT2D eigenvalue weighted by Gasteiger charge is -2.28. The predicted octanol–water partition coefficient (Wildman–Crippen LogP) is 3.56. The van der Waals surface area contributed by atoms with Crippen LogP contribution in [0.1, 0.15) is 31.7 Å². The van der Waals surface area contributed by atoms with Gasteiger partial charge in [-0.15, -0.1) is 0 Å². The minimum atomic E-state index is 0.134. The molecule has 22 heavy (non-hydrogen) atoms. The number of carbonyl (C=O) groups excluding carboxylic acids is 1. The zero-order valence-electron chi connectivity index (χ0n) is 13.7. The molecule has 4 heteroatoms. The van der Waals surface area contributed by atoms with E-state index in [9.17, 15) is 4.79 Å². The van der Waals surface area contributed by atoms with Crippen LogP contribution in [0.15, 0.2) is 24.3 Å². The Bertz CT molecular complexity index is 455. The first-order valence-electron chi connectivity index (χ1n) is 8.27. The Labute approximate surface area is 138 Å². The van der Waals surface area contributed by atoms with Crippen molar-refractivity contribution in [3.05, 3.63) is 29.8 Å². The number of aryl methyl sites for hydroxylation is 1. The van der Waals surface area contributed by atoms with E-state index in [-0.39, 0.29) is 5.91 Å². The van der Waals surface area contributed by atoms with Crippen LogP contribution in [0.2, 0.25) is 0 Å². The summed E-state index contributed by atoms with van der Waals surface area (Å²) in [4.78, 5) is 12.2. The lowest BCUT2D eigenvalue weighted by Crippen LogP contribution is -2.34. The first-order valence-corrected chi connectivity index (χ1v) is 9.67. The summed E-state index contributed by atoms with van der Waals surface area (Å²) < 4.78 is 0. The van der Waals surface area contributed by atoms with Crippen molar-refractivity contribution in [1.29, 1.82) is 0 Å². The molecule has 1 fully saturated rings. The molecule has 1 aromatic carbocycles. The summed E-state index contributed by atoms with van der Waals surface area (Å²) in [6.07, 6.45) is 6.29. The average Bonchev–Trinajstić information content (AvgIpc) is 2.55. The van der Waals surface area contributed by atoms with Crippen LogP contribution < -0.4 is 10.6 Å². The molecule has 0 aliphatic carbocycles. The van der Waals surface area contributed by atoms with Crippen molar-refractivity contribution in [3.8, 4) is 0 Å². The van der Waals surface area contributed by atoms with Gasteiger partial charge in [-0.1, -0.05) is 19.1 Å². The number of nitrogens with one attached hydrogen (secondary N) is 2. The zero-order valence-corrected chi connectivity index (χ0v) is 14.5. The van der Waals surface area contributed by atoms with Crippen molar-refractivity contribution in [2.24, 2.45) is 11.8 Å². The Morgan fingerprint density at radius 3 is 2.82 bits per heavy atom. The minimum Gasteiger partial charge on any atom is -0.326 e. The van der Waals surface area contributed by atoms with Gasteiger partial charge in [0, 0.05) is 12.1 Å². The maximum atomic E-state index is 12.2. The quantitative estimate of drug-likeness (QED) is 0.807. The van der Waals surface area contributed by atoms with Crippen LogP contribution in [0, 0.1) is 11.8 Å². The Kier molecular flexibility index (Phi) is 7.26. The number of thioether (sulfide) groups is 1. The molecule has 0 bridgehead atoms. The van der Waals surface area contributed by atoms with Gasteiger partial charge < -0.3 is 10.6 Å². The van der Waals surface area contributed by atoms with Crippen molar-refractivity contribution in [1.82, 2.24) is 5.32 Å². The number of amides is 1. The summed E-state index contributed by atoms with van der Waals surface area (Å²) in [6.45, 7) is 4.37. The molecule has 2 unspecified atom stereocenters. The third kappa shape index (κ3) is 5.65. The van der Waals surface area contributed by atoms with Crippen molar-refractivity contribution >= 4 is 23.4 Å². The van der Waals surface area contributed by atoms with Gasteiger partial charge in [-0.2, -0.15) is 11.8 Å². The highest BCUT2D eigenvalue weighted by Crippen LogP contribution is 2.23. The van der Waals surface area contributed by atoms with Crippen LogP contribution in [0.4, 0.5) is 5.69 Å². The van der Waals surface area contributed by atoms with E-state index < -0.39 is 0 Å². The summed E-state index contributed by atoms with van der Waals surface area (Å²) in [7, 11) is 0. The highest BCUT2D eigenvalue weighted by atomic mass is 32.2. The Hall–Kier alpha value is -1.00. The highest BCUT2D eigenvalue weighted by molar-refractivity contribution is 7.98. The SMILES string of the molecule is CSCCc1ccc(NC(=O)CC(C)C2CCCNC2)cc1. The average molecular weight is 321 g/mol. The Balaban J connectivity index is 1.78. The van der Waals surface area contributed by atoms with Gasteiger partial charge in [0.1, 0.15) is 0 Å². The maximum absolute atomic E-state index is 12.2. The molecule has 1 heterocycles. The second kappa shape index (κ2) is 9.21. The van der Waals surface area contributed by atoms with Crippen molar-refractivity contribution in [2.75, 3.05) is 30.4 Å². The summed E-state index contributed by atoms with van der Waals surface area (Å²) in [6, 6.07) is 8.25. The molecule has 1 saturated heterocycles. The number of carbonyl (C=O) groups is 1. The van der Waals surface area contributed by atoms with E-state index in [0.29, 0.717) is 18.3 Å². The molecule has 2 N–H and O–H groups in total. The van der Waals surface area contributed by atoms with E-state index in [1.165, 1.54) is 18.4 Å².